The predicted octanol–water partition coefficient (Wildman–Crippen LogP) is 3.61. The van der Waals surface area contributed by atoms with E-state index in [-0.39, 0.29) is 11.9 Å². The lowest BCUT2D eigenvalue weighted by Gasteiger charge is -2.28. The summed E-state index contributed by atoms with van der Waals surface area (Å²) in [6, 6.07) is 5.53. The second-order valence-corrected chi connectivity index (χ2v) is 5.27. The summed E-state index contributed by atoms with van der Waals surface area (Å²) in [5.74, 6) is -0.197. The summed E-state index contributed by atoms with van der Waals surface area (Å²) in [7, 11) is 0. The van der Waals surface area contributed by atoms with E-state index in [9.17, 15) is 4.39 Å². The Morgan fingerprint density at radius 1 is 1.44 bits per heavy atom. The van der Waals surface area contributed by atoms with Crippen molar-refractivity contribution in [2.45, 2.75) is 51.6 Å². The molecule has 100 valence electrons. The predicted molar refractivity (Wildman–Crippen MR) is 74.3 cm³/mol. The monoisotopic (exact) mass is 250 g/mol. The maximum absolute atomic E-state index is 13.4. The molecule has 0 saturated heterocycles. The van der Waals surface area contributed by atoms with Crippen LogP contribution >= 0.6 is 0 Å². The molecule has 0 bridgehead atoms. The Bertz CT molecular complexity index is 399. The van der Waals surface area contributed by atoms with Crippen LogP contribution in [0.5, 0.6) is 0 Å². The van der Waals surface area contributed by atoms with Gasteiger partial charge in [0.05, 0.1) is 0 Å². The molecule has 2 nitrogen and oxygen atoms in total. The summed E-state index contributed by atoms with van der Waals surface area (Å²) in [6.45, 7) is 5.16. The molecule has 0 aliphatic heterocycles. The molecule has 1 fully saturated rings. The van der Waals surface area contributed by atoms with Crippen molar-refractivity contribution < 1.29 is 4.39 Å². The number of unbranched alkanes of at least 4 members (excludes halogenated alkanes) is 1. The first kappa shape index (κ1) is 13.3. The zero-order valence-corrected chi connectivity index (χ0v) is 11.3. The van der Waals surface area contributed by atoms with Crippen LogP contribution in [0.15, 0.2) is 18.2 Å². The van der Waals surface area contributed by atoms with E-state index in [0.717, 1.165) is 17.8 Å². The van der Waals surface area contributed by atoms with Gasteiger partial charge in [-0.25, -0.2) is 4.39 Å². The lowest BCUT2D eigenvalue weighted by Crippen LogP contribution is -2.28. The molecule has 0 amide bonds. The SMILES string of the molecule is CCCCN(c1ccc(F)cc1C(C)N)C1CC1. The van der Waals surface area contributed by atoms with Crippen LogP contribution in [0.4, 0.5) is 10.1 Å². The minimum Gasteiger partial charge on any atom is -0.368 e. The Kier molecular flexibility index (Phi) is 4.23. The number of halogens is 1. The van der Waals surface area contributed by atoms with E-state index >= 15 is 0 Å². The minimum absolute atomic E-state index is 0.126. The quantitative estimate of drug-likeness (QED) is 0.835. The highest BCUT2D eigenvalue weighted by Gasteiger charge is 2.30. The highest BCUT2D eigenvalue weighted by Crippen LogP contribution is 2.35. The van der Waals surface area contributed by atoms with Crippen molar-refractivity contribution in [3.8, 4) is 0 Å². The minimum atomic E-state index is -0.197. The summed E-state index contributed by atoms with van der Waals surface area (Å²) >= 11 is 0. The van der Waals surface area contributed by atoms with Crippen molar-refractivity contribution in [2.24, 2.45) is 5.73 Å². The summed E-state index contributed by atoms with van der Waals surface area (Å²) < 4.78 is 13.4. The molecular weight excluding hydrogens is 227 g/mol. The largest absolute Gasteiger partial charge is 0.368 e. The number of nitrogens with two attached hydrogens (primary N) is 1. The average Bonchev–Trinajstić information content (AvgIpc) is 3.15. The third-order valence-electron chi connectivity index (χ3n) is 3.53. The zero-order valence-electron chi connectivity index (χ0n) is 11.3. The van der Waals surface area contributed by atoms with Gasteiger partial charge in [-0.15, -0.1) is 0 Å². The molecule has 2 rings (SSSR count). The maximum Gasteiger partial charge on any atom is 0.123 e. The summed E-state index contributed by atoms with van der Waals surface area (Å²) in [5.41, 5.74) is 8.03. The highest BCUT2D eigenvalue weighted by molar-refractivity contribution is 5.56. The molecule has 1 unspecified atom stereocenters. The third kappa shape index (κ3) is 3.02. The van der Waals surface area contributed by atoms with Crippen LogP contribution in [0.25, 0.3) is 0 Å². The number of benzene rings is 1. The Morgan fingerprint density at radius 3 is 2.72 bits per heavy atom. The molecule has 0 heterocycles. The second-order valence-electron chi connectivity index (χ2n) is 5.27. The van der Waals surface area contributed by atoms with E-state index in [4.69, 9.17) is 5.73 Å². The Labute approximate surface area is 109 Å². The van der Waals surface area contributed by atoms with Crippen molar-refractivity contribution in [3.63, 3.8) is 0 Å². The standard InChI is InChI=1S/C15H23FN2/c1-3-4-9-18(13-6-7-13)15-8-5-12(16)10-14(15)11(2)17/h5,8,10-11,13H,3-4,6-7,9,17H2,1-2H3. The molecule has 18 heavy (non-hydrogen) atoms. The number of hydrogen-bond acceptors (Lipinski definition) is 2. The lowest BCUT2D eigenvalue weighted by atomic mass is 10.0. The lowest BCUT2D eigenvalue weighted by molar-refractivity contribution is 0.620. The van der Waals surface area contributed by atoms with Crippen LogP contribution in [0.2, 0.25) is 0 Å². The smallest absolute Gasteiger partial charge is 0.123 e. The van der Waals surface area contributed by atoms with Crippen molar-refractivity contribution in [1.29, 1.82) is 0 Å². The van der Waals surface area contributed by atoms with E-state index in [1.54, 1.807) is 12.1 Å². The molecule has 1 aliphatic carbocycles. The van der Waals surface area contributed by atoms with Gasteiger partial charge in [-0.2, -0.15) is 0 Å². The fraction of sp³-hybridized carbons (Fsp3) is 0.600. The fourth-order valence-electron chi connectivity index (χ4n) is 2.37. The van der Waals surface area contributed by atoms with Gasteiger partial charge in [-0.05, 0) is 49.9 Å². The zero-order chi connectivity index (χ0) is 13.1. The van der Waals surface area contributed by atoms with Gasteiger partial charge in [-0.3, -0.25) is 0 Å². The first-order chi connectivity index (χ1) is 8.63. The number of hydrogen-bond donors (Lipinski definition) is 1. The Morgan fingerprint density at radius 2 is 2.17 bits per heavy atom. The van der Waals surface area contributed by atoms with Gasteiger partial charge in [0.2, 0.25) is 0 Å². The van der Waals surface area contributed by atoms with Gasteiger partial charge in [0, 0.05) is 24.3 Å². The fourth-order valence-corrected chi connectivity index (χ4v) is 2.37. The van der Waals surface area contributed by atoms with Crippen molar-refractivity contribution >= 4 is 5.69 Å². The second kappa shape index (κ2) is 5.70. The number of nitrogens with zero attached hydrogens (tertiary/aromatic N) is 1. The van der Waals surface area contributed by atoms with Crippen LogP contribution in [-0.2, 0) is 0 Å². The van der Waals surface area contributed by atoms with Gasteiger partial charge in [-0.1, -0.05) is 13.3 Å². The molecule has 2 N–H and O–H groups in total. The van der Waals surface area contributed by atoms with Gasteiger partial charge in [0.25, 0.3) is 0 Å². The van der Waals surface area contributed by atoms with Crippen molar-refractivity contribution in [3.05, 3.63) is 29.6 Å². The molecule has 0 aromatic heterocycles. The summed E-state index contributed by atoms with van der Waals surface area (Å²) in [5, 5.41) is 0. The highest BCUT2D eigenvalue weighted by atomic mass is 19.1. The molecule has 1 aromatic carbocycles. The maximum atomic E-state index is 13.4. The Hall–Kier alpha value is -1.09. The molecular formula is C15H23FN2. The van der Waals surface area contributed by atoms with Crippen molar-refractivity contribution in [2.75, 3.05) is 11.4 Å². The summed E-state index contributed by atoms with van der Waals surface area (Å²) in [4.78, 5) is 2.42. The van der Waals surface area contributed by atoms with Gasteiger partial charge >= 0.3 is 0 Å². The van der Waals surface area contributed by atoms with Crippen LogP contribution in [0.1, 0.15) is 51.1 Å². The van der Waals surface area contributed by atoms with Crippen LogP contribution in [-0.4, -0.2) is 12.6 Å². The van der Waals surface area contributed by atoms with Gasteiger partial charge in [0.1, 0.15) is 5.82 Å². The average molecular weight is 250 g/mol. The molecule has 3 heteroatoms. The Balaban J connectivity index is 2.28. The molecule has 1 aliphatic rings. The first-order valence-electron chi connectivity index (χ1n) is 6.95. The van der Waals surface area contributed by atoms with Gasteiger partial charge < -0.3 is 10.6 Å². The molecule has 1 aromatic rings. The third-order valence-corrected chi connectivity index (χ3v) is 3.53. The topological polar surface area (TPSA) is 29.3 Å². The molecule has 0 radical (unpaired) electrons. The van der Waals surface area contributed by atoms with Crippen LogP contribution in [0, 0.1) is 5.82 Å². The van der Waals surface area contributed by atoms with E-state index in [1.807, 2.05) is 13.0 Å². The molecule has 1 saturated carbocycles. The molecule has 0 spiro atoms. The van der Waals surface area contributed by atoms with E-state index in [0.29, 0.717) is 6.04 Å². The number of anilines is 1. The van der Waals surface area contributed by atoms with E-state index in [1.165, 1.54) is 25.7 Å². The van der Waals surface area contributed by atoms with Crippen LogP contribution < -0.4 is 10.6 Å². The number of rotatable bonds is 6. The summed E-state index contributed by atoms with van der Waals surface area (Å²) in [6.07, 6.45) is 4.85. The van der Waals surface area contributed by atoms with Gasteiger partial charge in [0.15, 0.2) is 0 Å². The molecule has 1 atom stereocenters. The van der Waals surface area contributed by atoms with Crippen molar-refractivity contribution in [1.82, 2.24) is 0 Å². The van der Waals surface area contributed by atoms with Crippen LogP contribution in [0.3, 0.4) is 0 Å². The first-order valence-corrected chi connectivity index (χ1v) is 6.95. The normalized spacial score (nSPS) is 16.7. The van der Waals surface area contributed by atoms with E-state index < -0.39 is 0 Å². The van der Waals surface area contributed by atoms with E-state index in [2.05, 4.69) is 11.8 Å².